The summed E-state index contributed by atoms with van der Waals surface area (Å²) in [5.74, 6) is 1.85. The normalized spacial score (nSPS) is 18.5. The van der Waals surface area contributed by atoms with Crippen molar-refractivity contribution < 1.29 is 24.4 Å². The summed E-state index contributed by atoms with van der Waals surface area (Å²) in [4.78, 5) is 2.07. The lowest BCUT2D eigenvalue weighted by molar-refractivity contribution is 0.187. The molecule has 2 aromatic rings. The van der Waals surface area contributed by atoms with E-state index in [0.717, 1.165) is 40.1 Å². The fourth-order valence-electron chi connectivity index (χ4n) is 4.31. The van der Waals surface area contributed by atoms with Crippen molar-refractivity contribution in [2.24, 2.45) is 0 Å². The van der Waals surface area contributed by atoms with Gasteiger partial charge in [0, 0.05) is 35.2 Å². The minimum atomic E-state index is -0.316. The topological polar surface area (TPSA) is 71.4 Å². The van der Waals surface area contributed by atoms with E-state index >= 15 is 0 Å². The van der Waals surface area contributed by atoms with Gasteiger partial charge >= 0.3 is 0 Å². The summed E-state index contributed by atoms with van der Waals surface area (Å²) in [5, 5.41) is 21.5. The Balaban J connectivity index is 1.44. The van der Waals surface area contributed by atoms with E-state index in [0.29, 0.717) is 24.5 Å². The Bertz CT molecular complexity index is 1190. The van der Waals surface area contributed by atoms with Crippen LogP contribution in [0.2, 0.25) is 0 Å². The number of hydrogen-bond acceptors (Lipinski definition) is 6. The Kier molecular flexibility index (Phi) is 5.60. The number of allylic oxidation sites excluding steroid dienone is 4. The fraction of sp³-hybridized carbons (Fsp3) is 0.259. The van der Waals surface area contributed by atoms with E-state index in [1.54, 1.807) is 18.4 Å². The number of nitrogens with zero attached hydrogens (tertiary/aromatic N) is 1. The molecule has 33 heavy (non-hydrogen) atoms. The number of fused-ring (bicyclic) bond motifs is 5. The minimum Gasteiger partial charge on any atom is -0.512 e. The largest absolute Gasteiger partial charge is 0.512 e. The van der Waals surface area contributed by atoms with Crippen LogP contribution in [0.3, 0.4) is 0 Å². The van der Waals surface area contributed by atoms with Crippen molar-refractivity contribution in [2.45, 2.75) is 12.5 Å². The first-order valence-corrected chi connectivity index (χ1v) is 11.0. The van der Waals surface area contributed by atoms with Crippen LogP contribution in [0.1, 0.15) is 28.4 Å². The molecule has 2 aromatic carbocycles. The molecule has 0 saturated carbocycles. The van der Waals surface area contributed by atoms with Crippen LogP contribution in [0, 0.1) is 0 Å². The van der Waals surface area contributed by atoms with Gasteiger partial charge in [0.15, 0.2) is 0 Å². The summed E-state index contributed by atoms with van der Waals surface area (Å²) in [5.41, 5.74) is 4.71. The molecular weight excluding hydrogens is 418 g/mol. The van der Waals surface area contributed by atoms with Gasteiger partial charge in [0.25, 0.3) is 0 Å². The lowest BCUT2D eigenvalue weighted by Gasteiger charge is -2.24. The Morgan fingerprint density at radius 1 is 1.15 bits per heavy atom. The molecule has 0 saturated heterocycles. The lowest BCUT2D eigenvalue weighted by atomic mass is 9.90. The van der Waals surface area contributed by atoms with Crippen LogP contribution >= 0.6 is 0 Å². The van der Waals surface area contributed by atoms with E-state index in [1.165, 1.54) is 0 Å². The molecule has 0 aromatic heterocycles. The lowest BCUT2D eigenvalue weighted by Crippen LogP contribution is -2.19. The highest BCUT2D eigenvalue weighted by atomic mass is 16.5. The molecule has 2 N–H and O–H groups in total. The zero-order valence-corrected chi connectivity index (χ0v) is 18.7. The Morgan fingerprint density at radius 3 is 2.76 bits per heavy atom. The first-order chi connectivity index (χ1) is 16.0. The highest BCUT2D eigenvalue weighted by Crippen LogP contribution is 2.47. The van der Waals surface area contributed by atoms with Crippen molar-refractivity contribution in [1.82, 2.24) is 4.90 Å². The average molecular weight is 446 g/mol. The van der Waals surface area contributed by atoms with Crippen LogP contribution in [-0.2, 0) is 11.2 Å². The third-order valence-corrected chi connectivity index (χ3v) is 5.95. The molecule has 6 heteroatoms. The molecule has 0 radical (unpaired) electrons. The highest BCUT2D eigenvalue weighted by molar-refractivity contribution is 5.90. The monoisotopic (exact) mass is 445 g/mol. The van der Waals surface area contributed by atoms with Crippen LogP contribution in [0.4, 0.5) is 0 Å². The zero-order valence-electron chi connectivity index (χ0n) is 18.7. The predicted molar refractivity (Wildman–Crippen MR) is 127 cm³/mol. The minimum absolute atomic E-state index is 0.139. The summed E-state index contributed by atoms with van der Waals surface area (Å²) < 4.78 is 17.7. The van der Waals surface area contributed by atoms with Crippen molar-refractivity contribution in [3.05, 3.63) is 88.4 Å². The second-order valence-electron chi connectivity index (χ2n) is 8.62. The van der Waals surface area contributed by atoms with E-state index in [4.69, 9.17) is 14.2 Å². The molecule has 1 atom stereocenters. The van der Waals surface area contributed by atoms with Crippen molar-refractivity contribution in [3.63, 3.8) is 0 Å². The fourth-order valence-corrected chi connectivity index (χ4v) is 4.31. The Labute approximate surface area is 193 Å². The highest BCUT2D eigenvalue weighted by Gasteiger charge is 2.29. The molecule has 0 fully saturated rings. The molecule has 0 amide bonds. The standard InChI is InChI=1S/C27H27NO5/c1-28(2)9-11-31-21-7-5-17(6-8-21)25-14-19-12-20(29)15-22-26(23(19)16-33-25)24(30)13-18-4-3-10-32-27(18)22/h3-8,12-14,16,25,29-30H,9-11,15H2,1-2H3. The van der Waals surface area contributed by atoms with Gasteiger partial charge in [-0.2, -0.15) is 0 Å². The van der Waals surface area contributed by atoms with Crippen LogP contribution in [0.5, 0.6) is 17.2 Å². The maximum atomic E-state index is 10.8. The van der Waals surface area contributed by atoms with Gasteiger partial charge in [-0.25, -0.2) is 0 Å². The van der Waals surface area contributed by atoms with Gasteiger partial charge in [-0.1, -0.05) is 18.2 Å². The number of aliphatic hydroxyl groups excluding tert-OH is 1. The van der Waals surface area contributed by atoms with Gasteiger partial charge in [0.2, 0.25) is 0 Å². The third-order valence-electron chi connectivity index (χ3n) is 5.95. The van der Waals surface area contributed by atoms with Crippen molar-refractivity contribution >= 4 is 11.6 Å². The SMILES string of the molecule is CN(C)CCOc1ccc(C2C=C3C=C(O)Cc4c5c(cc(O)c4C3=CO2)C=CCO5)cc1. The Morgan fingerprint density at radius 2 is 1.97 bits per heavy atom. The number of aromatic hydroxyl groups is 1. The van der Waals surface area contributed by atoms with E-state index in [1.807, 2.05) is 56.6 Å². The number of phenolic OH excluding ortho intramolecular Hbond substituents is 1. The van der Waals surface area contributed by atoms with Gasteiger partial charge in [-0.3, -0.25) is 0 Å². The smallest absolute Gasteiger partial charge is 0.142 e. The molecule has 0 spiro atoms. The first-order valence-electron chi connectivity index (χ1n) is 11.0. The maximum Gasteiger partial charge on any atom is 0.142 e. The summed E-state index contributed by atoms with van der Waals surface area (Å²) in [6.07, 6.45) is 9.16. The number of ether oxygens (including phenoxy) is 3. The van der Waals surface area contributed by atoms with Gasteiger partial charge < -0.3 is 29.3 Å². The van der Waals surface area contributed by atoms with Crippen LogP contribution < -0.4 is 9.47 Å². The van der Waals surface area contributed by atoms with E-state index < -0.39 is 0 Å². The first kappa shape index (κ1) is 21.2. The van der Waals surface area contributed by atoms with Crippen LogP contribution in [0.25, 0.3) is 11.6 Å². The van der Waals surface area contributed by atoms with E-state index in [9.17, 15) is 10.2 Å². The molecule has 2 heterocycles. The molecule has 6 nitrogen and oxygen atoms in total. The number of hydrogen-bond donors (Lipinski definition) is 2. The van der Waals surface area contributed by atoms with E-state index in [2.05, 4.69) is 4.90 Å². The van der Waals surface area contributed by atoms with Gasteiger partial charge in [0.05, 0.1) is 12.0 Å². The molecule has 2 aliphatic heterocycles. The average Bonchev–Trinajstić information content (AvgIpc) is 2.95. The molecule has 0 bridgehead atoms. The number of aliphatic hydroxyl groups is 1. The summed E-state index contributed by atoms with van der Waals surface area (Å²) in [7, 11) is 4.03. The molecular formula is C27H27NO5. The van der Waals surface area contributed by atoms with Gasteiger partial charge in [-0.15, -0.1) is 0 Å². The number of rotatable bonds is 5. The van der Waals surface area contributed by atoms with Crippen molar-refractivity contribution in [2.75, 3.05) is 33.9 Å². The Hall–Kier alpha value is -3.64. The van der Waals surface area contributed by atoms with Crippen LogP contribution in [-0.4, -0.2) is 49.0 Å². The third kappa shape index (κ3) is 4.22. The zero-order chi connectivity index (χ0) is 22.9. The molecule has 1 aliphatic carbocycles. The number of phenols is 1. The number of benzene rings is 2. The van der Waals surface area contributed by atoms with Crippen molar-refractivity contribution in [3.8, 4) is 17.2 Å². The number of likely N-dealkylation sites (N-methyl/N-ethyl adjacent to an activating group) is 1. The van der Waals surface area contributed by atoms with Gasteiger partial charge in [-0.05, 0) is 61.7 Å². The maximum absolute atomic E-state index is 10.8. The van der Waals surface area contributed by atoms with Crippen LogP contribution in [0.15, 0.2) is 66.2 Å². The van der Waals surface area contributed by atoms with Crippen molar-refractivity contribution in [1.29, 1.82) is 0 Å². The predicted octanol–water partition coefficient (Wildman–Crippen LogP) is 4.78. The van der Waals surface area contributed by atoms with E-state index in [-0.39, 0.29) is 24.0 Å². The summed E-state index contributed by atoms with van der Waals surface area (Å²) >= 11 is 0. The summed E-state index contributed by atoms with van der Waals surface area (Å²) in [6, 6.07) is 9.53. The molecule has 1 unspecified atom stereocenters. The second-order valence-corrected chi connectivity index (χ2v) is 8.62. The van der Waals surface area contributed by atoms with Gasteiger partial charge in [0.1, 0.15) is 36.6 Å². The summed E-state index contributed by atoms with van der Waals surface area (Å²) in [6.45, 7) is 1.93. The molecule has 170 valence electrons. The second kappa shape index (κ2) is 8.71. The molecule has 5 rings (SSSR count). The quantitative estimate of drug-likeness (QED) is 0.691. The molecule has 3 aliphatic rings.